The minimum absolute atomic E-state index is 1.09. The van der Waals surface area contributed by atoms with E-state index in [1.54, 1.807) is 0 Å². The van der Waals surface area contributed by atoms with Crippen molar-refractivity contribution in [2.45, 2.75) is 6.42 Å². The van der Waals surface area contributed by atoms with Gasteiger partial charge in [0, 0.05) is 20.3 Å². The van der Waals surface area contributed by atoms with E-state index < -0.39 is 7.19 Å². The molecule has 9 heavy (non-hydrogen) atoms. The fourth-order valence-electron chi connectivity index (χ4n) is 0.969. The van der Waals surface area contributed by atoms with Gasteiger partial charge in [-0.15, -0.1) is 0 Å². The van der Waals surface area contributed by atoms with Gasteiger partial charge in [0.05, 0.1) is 0 Å². The van der Waals surface area contributed by atoms with Gasteiger partial charge in [-0.3, -0.25) is 9.76 Å². The molecule has 1 unspecified atom stereocenters. The van der Waals surface area contributed by atoms with Crippen LogP contribution < -0.4 is 5.09 Å². The molecular formula is C6H15N2P. The minimum Gasteiger partial charge on any atom is -0.286 e. The van der Waals surface area contributed by atoms with Crippen molar-refractivity contribution < 1.29 is 0 Å². The largest absolute Gasteiger partial charge is 0.286 e. The molecular weight excluding hydrogens is 131 g/mol. The molecule has 0 radical (unpaired) electrons. The van der Waals surface area contributed by atoms with Gasteiger partial charge in [0.15, 0.2) is 0 Å². The van der Waals surface area contributed by atoms with E-state index >= 15 is 0 Å². The summed E-state index contributed by atoms with van der Waals surface area (Å²) < 4.78 is 2.34. The molecule has 3 heteroatoms. The Bertz CT molecular complexity index is 144. The van der Waals surface area contributed by atoms with Crippen LogP contribution in [0.1, 0.15) is 6.42 Å². The molecule has 1 N–H and O–H groups in total. The van der Waals surface area contributed by atoms with E-state index in [9.17, 15) is 0 Å². The first-order valence-electron chi connectivity index (χ1n) is 3.30. The highest BCUT2D eigenvalue weighted by Gasteiger charge is 2.16. The Morgan fingerprint density at radius 2 is 2.33 bits per heavy atom. The molecule has 1 rings (SSSR count). The molecule has 0 aromatic rings. The summed E-state index contributed by atoms with van der Waals surface area (Å²) in [7, 11) is 1.05. The predicted octanol–water partition coefficient (Wildman–Crippen LogP) is 0.821. The topological polar surface area (TPSA) is 15.3 Å². The van der Waals surface area contributed by atoms with Gasteiger partial charge in [0.2, 0.25) is 0 Å². The van der Waals surface area contributed by atoms with E-state index in [-0.39, 0.29) is 0 Å². The fraction of sp³-hybridized carbons (Fsp3) is 0.833. The number of nitrogens with one attached hydrogen (secondary N) is 1. The van der Waals surface area contributed by atoms with Crippen molar-refractivity contribution in [1.82, 2.24) is 9.76 Å². The lowest BCUT2D eigenvalue weighted by Gasteiger charge is -2.36. The summed E-state index contributed by atoms with van der Waals surface area (Å²) in [6.07, 6.45) is 5.40. The molecule has 54 valence electrons. The molecule has 1 atom stereocenters. The first-order chi connectivity index (χ1) is 4.13. The van der Waals surface area contributed by atoms with Crippen molar-refractivity contribution in [2.75, 3.05) is 26.8 Å². The van der Waals surface area contributed by atoms with Crippen molar-refractivity contribution in [2.24, 2.45) is 0 Å². The van der Waals surface area contributed by atoms with Crippen LogP contribution in [-0.2, 0) is 0 Å². The Morgan fingerprint density at radius 3 is 2.67 bits per heavy atom. The highest BCUT2D eigenvalue weighted by Crippen LogP contribution is 2.40. The summed E-state index contributed by atoms with van der Waals surface area (Å²) in [6, 6.07) is 0. The van der Waals surface area contributed by atoms with Crippen LogP contribution in [0.15, 0.2) is 0 Å². The lowest BCUT2D eigenvalue weighted by atomic mass is 10.4. The summed E-state index contributed by atoms with van der Waals surface area (Å²) in [5.74, 6) is 0. The van der Waals surface area contributed by atoms with Crippen LogP contribution in [-0.4, -0.2) is 37.8 Å². The van der Waals surface area contributed by atoms with E-state index in [0.29, 0.717) is 0 Å². The zero-order valence-corrected chi connectivity index (χ0v) is 7.12. The van der Waals surface area contributed by atoms with Gasteiger partial charge in [-0.05, 0) is 20.1 Å². The maximum atomic E-state index is 4.14. The van der Waals surface area contributed by atoms with Gasteiger partial charge in [-0.1, -0.05) is 6.30 Å². The normalized spacial score (nSPS) is 38.9. The SMILES string of the molecule is C=P1(C)NCCCN1C. The number of hydrogen-bond acceptors (Lipinski definition) is 2. The van der Waals surface area contributed by atoms with E-state index in [1.165, 1.54) is 13.0 Å². The predicted molar refractivity (Wildman–Crippen MR) is 45.2 cm³/mol. The second-order valence-electron chi connectivity index (χ2n) is 2.78. The maximum Gasteiger partial charge on any atom is 0.00400 e. The Kier molecular flexibility index (Phi) is 2.00. The smallest absolute Gasteiger partial charge is 0.00400 e. The van der Waals surface area contributed by atoms with Crippen molar-refractivity contribution in [3.8, 4) is 0 Å². The van der Waals surface area contributed by atoms with Gasteiger partial charge in [-0.2, -0.15) is 0 Å². The van der Waals surface area contributed by atoms with Crippen molar-refractivity contribution in [1.29, 1.82) is 0 Å². The number of hydrogen-bond donors (Lipinski definition) is 1. The van der Waals surface area contributed by atoms with Crippen molar-refractivity contribution in [3.63, 3.8) is 0 Å². The summed E-state index contributed by atoms with van der Waals surface area (Å²) in [4.78, 5) is 0. The Hall–Kier alpha value is 0.220. The van der Waals surface area contributed by atoms with Gasteiger partial charge >= 0.3 is 0 Å². The maximum absolute atomic E-state index is 4.14. The molecule has 0 spiro atoms. The molecule has 0 bridgehead atoms. The highest BCUT2D eigenvalue weighted by atomic mass is 31.2. The summed E-state index contributed by atoms with van der Waals surface area (Å²) in [5, 5.41) is 3.43. The molecule has 0 aliphatic carbocycles. The first kappa shape index (κ1) is 7.33. The van der Waals surface area contributed by atoms with E-state index in [4.69, 9.17) is 0 Å². The third kappa shape index (κ3) is 1.57. The lowest BCUT2D eigenvalue weighted by Crippen LogP contribution is -2.32. The number of rotatable bonds is 0. The van der Waals surface area contributed by atoms with Crippen LogP contribution in [0, 0.1) is 0 Å². The molecule has 0 saturated carbocycles. The third-order valence-corrected chi connectivity index (χ3v) is 4.48. The molecule has 1 heterocycles. The van der Waals surface area contributed by atoms with Gasteiger partial charge in [0.25, 0.3) is 0 Å². The molecule has 1 saturated heterocycles. The van der Waals surface area contributed by atoms with Crippen molar-refractivity contribution >= 4 is 13.5 Å². The molecule has 0 amide bonds. The van der Waals surface area contributed by atoms with Gasteiger partial charge in [0.1, 0.15) is 0 Å². The van der Waals surface area contributed by atoms with Crippen molar-refractivity contribution in [3.05, 3.63) is 0 Å². The monoisotopic (exact) mass is 146 g/mol. The van der Waals surface area contributed by atoms with Gasteiger partial charge < -0.3 is 0 Å². The minimum atomic E-state index is -1.09. The Morgan fingerprint density at radius 1 is 1.67 bits per heavy atom. The quantitative estimate of drug-likeness (QED) is 0.509. The fourth-order valence-corrected chi connectivity index (χ4v) is 2.43. The van der Waals surface area contributed by atoms with Crippen LogP contribution in [0.3, 0.4) is 0 Å². The summed E-state index contributed by atoms with van der Waals surface area (Å²) in [6.45, 7) is 4.57. The average Bonchev–Trinajstić information content (AvgIpc) is 1.77. The van der Waals surface area contributed by atoms with Crippen LogP contribution in [0.4, 0.5) is 0 Å². The first-order valence-corrected chi connectivity index (χ1v) is 5.68. The van der Waals surface area contributed by atoms with Crippen LogP contribution >= 0.6 is 7.19 Å². The molecule has 0 aromatic heterocycles. The summed E-state index contributed by atoms with van der Waals surface area (Å²) >= 11 is 0. The van der Waals surface area contributed by atoms with Crippen LogP contribution in [0.5, 0.6) is 0 Å². The van der Waals surface area contributed by atoms with E-state index in [2.05, 4.69) is 29.8 Å². The standard InChI is InChI=1S/C6H15N2P/c1-8-6-4-5-7-9(8,2)3/h7H,2,4-6H2,1,3H3. The second-order valence-corrected chi connectivity index (χ2v) is 6.06. The van der Waals surface area contributed by atoms with E-state index in [0.717, 1.165) is 6.54 Å². The van der Waals surface area contributed by atoms with Crippen LogP contribution in [0.25, 0.3) is 0 Å². The second kappa shape index (κ2) is 2.45. The molecule has 1 fully saturated rings. The van der Waals surface area contributed by atoms with Gasteiger partial charge in [-0.25, -0.2) is 0 Å². The average molecular weight is 146 g/mol. The lowest BCUT2D eigenvalue weighted by molar-refractivity contribution is 0.487. The Labute approximate surface area is 57.3 Å². The zero-order chi connectivity index (χ0) is 6.91. The van der Waals surface area contributed by atoms with Crippen LogP contribution in [0.2, 0.25) is 0 Å². The molecule has 0 aromatic carbocycles. The molecule has 2 nitrogen and oxygen atoms in total. The molecule has 1 aliphatic rings. The highest BCUT2D eigenvalue weighted by molar-refractivity contribution is 7.68. The molecule has 1 aliphatic heterocycles. The Balaban J connectivity index is 2.60. The van der Waals surface area contributed by atoms with E-state index in [1.807, 2.05) is 0 Å². The zero-order valence-electron chi connectivity index (χ0n) is 6.22. The third-order valence-electron chi connectivity index (χ3n) is 1.86. The summed E-state index contributed by atoms with van der Waals surface area (Å²) in [5.41, 5.74) is 0. The number of nitrogens with zero attached hydrogens (tertiary/aromatic N) is 1.